The molecule has 0 aliphatic heterocycles. The van der Waals surface area contributed by atoms with Crippen LogP contribution in [0.4, 0.5) is 34.5 Å². The van der Waals surface area contributed by atoms with E-state index >= 15 is 0 Å². The van der Waals surface area contributed by atoms with Crippen LogP contribution in [0, 0.1) is 0 Å². The molecule has 0 saturated carbocycles. The standard InChI is InChI=1S/C34H24S2.2BF4/c1-5-13-25(14-6-1)31-21-29(22-32(35-31)26-15-7-2-8-16-26)30-23-33(27-17-9-3-10-18-27)36-34(24-30)28-19-11-4-12-20-28;2*2-1(3,4)5/h1-24H;;/q+2;2*-1. The molecule has 0 aliphatic rings. The lowest BCUT2D eigenvalue weighted by Crippen LogP contribution is -2.02. The molecule has 0 aliphatic carbocycles. The van der Waals surface area contributed by atoms with Gasteiger partial charge in [0.25, 0.3) is 0 Å². The van der Waals surface area contributed by atoms with Gasteiger partial charge in [-0.3, -0.25) is 0 Å². The Morgan fingerprint density at radius 3 is 0.630 bits per heavy atom. The van der Waals surface area contributed by atoms with Gasteiger partial charge in [0.1, 0.15) is 0 Å². The van der Waals surface area contributed by atoms with E-state index in [1.54, 1.807) is 0 Å². The zero-order chi connectivity index (χ0) is 33.2. The zero-order valence-corrected chi connectivity index (χ0v) is 25.5. The first-order valence-electron chi connectivity index (χ1n) is 13.8. The molecule has 46 heavy (non-hydrogen) atoms. The molecule has 12 heteroatoms. The van der Waals surface area contributed by atoms with Gasteiger partial charge >= 0.3 is 14.5 Å². The van der Waals surface area contributed by atoms with Gasteiger partial charge in [0.2, 0.25) is 42.2 Å². The van der Waals surface area contributed by atoms with Crippen LogP contribution in [0.15, 0.2) is 146 Å². The molecule has 0 bridgehead atoms. The van der Waals surface area contributed by atoms with E-state index in [1.807, 2.05) is 22.7 Å². The third kappa shape index (κ3) is 11.5. The quantitative estimate of drug-likeness (QED) is 0.0973. The molecule has 0 N–H and O–H groups in total. The highest BCUT2D eigenvalue weighted by Crippen LogP contribution is 2.41. The minimum atomic E-state index is -6.00. The van der Waals surface area contributed by atoms with Crippen LogP contribution in [0.3, 0.4) is 0 Å². The molecule has 0 unspecified atom stereocenters. The van der Waals surface area contributed by atoms with Gasteiger partial charge < -0.3 is 34.5 Å². The van der Waals surface area contributed by atoms with Gasteiger partial charge in [-0.15, -0.1) is 0 Å². The SMILES string of the molecule is F[B-](F)(F)F.F[B-](F)(F)F.c1ccc(-c2cc(-c3cc(-c4ccccc4)[s+]c(-c4ccccc4)c3)cc(-c3ccccc3)[s+]2)cc1. The fraction of sp³-hybridized carbons (Fsp3) is 0. The van der Waals surface area contributed by atoms with Crippen molar-refractivity contribution in [2.45, 2.75) is 0 Å². The van der Waals surface area contributed by atoms with Crippen molar-refractivity contribution in [1.82, 2.24) is 0 Å². The van der Waals surface area contributed by atoms with Crippen LogP contribution in [-0.4, -0.2) is 14.5 Å². The lowest BCUT2D eigenvalue weighted by molar-refractivity contribution is 0.366. The summed E-state index contributed by atoms with van der Waals surface area (Å²) >= 11 is 3.68. The Bertz CT molecular complexity index is 1560. The summed E-state index contributed by atoms with van der Waals surface area (Å²) in [5, 5.41) is 0. The smallest absolute Gasteiger partial charge is 0.418 e. The van der Waals surface area contributed by atoms with Crippen molar-refractivity contribution in [3.8, 4) is 52.9 Å². The summed E-state index contributed by atoms with van der Waals surface area (Å²) in [6.45, 7) is 0. The maximum Gasteiger partial charge on any atom is 0.673 e. The van der Waals surface area contributed by atoms with Gasteiger partial charge in [-0.05, 0) is 59.7 Å². The van der Waals surface area contributed by atoms with Crippen molar-refractivity contribution < 1.29 is 34.5 Å². The van der Waals surface area contributed by atoms with Gasteiger partial charge in [-0.2, -0.15) is 0 Å². The Balaban J connectivity index is 0.000000421. The molecule has 2 heterocycles. The summed E-state index contributed by atoms with van der Waals surface area (Å²) < 4.78 is 78.0. The molecular weight excluding hydrogens is 646 g/mol. The largest absolute Gasteiger partial charge is 0.673 e. The average Bonchev–Trinajstić information content (AvgIpc) is 3.04. The van der Waals surface area contributed by atoms with E-state index in [9.17, 15) is 34.5 Å². The number of halogens is 8. The lowest BCUT2D eigenvalue weighted by atomic mass is 10.0. The Morgan fingerprint density at radius 1 is 0.283 bits per heavy atom. The third-order valence-corrected chi connectivity index (χ3v) is 8.45. The van der Waals surface area contributed by atoms with Crippen LogP contribution in [0.5, 0.6) is 0 Å². The van der Waals surface area contributed by atoms with E-state index in [-0.39, 0.29) is 0 Å². The Hall–Kier alpha value is -4.41. The number of rotatable bonds is 5. The van der Waals surface area contributed by atoms with E-state index in [2.05, 4.69) is 146 Å². The summed E-state index contributed by atoms with van der Waals surface area (Å²) in [6.07, 6.45) is 0. The van der Waals surface area contributed by atoms with E-state index < -0.39 is 14.5 Å². The molecule has 234 valence electrons. The monoisotopic (exact) mass is 670 g/mol. The molecule has 0 amide bonds. The van der Waals surface area contributed by atoms with Crippen molar-refractivity contribution in [3.05, 3.63) is 146 Å². The topological polar surface area (TPSA) is 0 Å². The van der Waals surface area contributed by atoms with Gasteiger partial charge in [0, 0.05) is 46.5 Å². The maximum absolute atomic E-state index is 9.75. The van der Waals surface area contributed by atoms with Crippen molar-refractivity contribution in [2.75, 3.05) is 0 Å². The highest BCUT2D eigenvalue weighted by molar-refractivity contribution is 7.19. The van der Waals surface area contributed by atoms with Gasteiger partial charge in [-0.1, -0.05) is 72.8 Å². The second-order valence-corrected chi connectivity index (χ2v) is 11.8. The molecule has 4 aromatic carbocycles. The third-order valence-electron chi connectivity index (χ3n) is 6.15. The minimum Gasteiger partial charge on any atom is -0.418 e. The van der Waals surface area contributed by atoms with Crippen LogP contribution in [0.1, 0.15) is 0 Å². The van der Waals surface area contributed by atoms with Crippen molar-refractivity contribution in [3.63, 3.8) is 0 Å². The highest BCUT2D eigenvalue weighted by atomic mass is 32.1. The Labute approximate surface area is 269 Å². The van der Waals surface area contributed by atoms with Crippen LogP contribution < -0.4 is 0 Å². The minimum absolute atomic E-state index is 1.23. The first-order chi connectivity index (χ1) is 21.8. The van der Waals surface area contributed by atoms with E-state index in [0.29, 0.717) is 0 Å². The van der Waals surface area contributed by atoms with Crippen LogP contribution in [0.2, 0.25) is 0 Å². The predicted octanol–water partition coefficient (Wildman–Crippen LogP) is 13.3. The van der Waals surface area contributed by atoms with E-state index in [1.165, 1.54) is 52.9 Å². The van der Waals surface area contributed by atoms with Crippen LogP contribution >= 0.6 is 22.7 Å². The fourth-order valence-corrected chi connectivity index (χ4v) is 6.55. The molecule has 0 radical (unpaired) electrons. The summed E-state index contributed by atoms with van der Waals surface area (Å²) in [6, 6.07) is 52.2. The average molecular weight is 670 g/mol. The van der Waals surface area contributed by atoms with Crippen molar-refractivity contribution in [2.24, 2.45) is 0 Å². The Kier molecular flexibility index (Phi) is 11.8. The Morgan fingerprint density at radius 2 is 0.457 bits per heavy atom. The van der Waals surface area contributed by atoms with Gasteiger partial charge in [-0.25, -0.2) is 0 Å². The number of hydrogen-bond acceptors (Lipinski definition) is 0. The second-order valence-electron chi connectivity index (χ2n) is 9.60. The fourth-order valence-electron chi connectivity index (χ4n) is 4.32. The molecule has 0 atom stereocenters. The summed E-state index contributed by atoms with van der Waals surface area (Å²) in [4.78, 5) is 5.06. The molecule has 6 rings (SSSR count). The first kappa shape index (κ1) is 34.5. The summed E-state index contributed by atoms with van der Waals surface area (Å²) in [5.41, 5.74) is 7.43. The molecular formula is C34H24B2F8S2. The van der Waals surface area contributed by atoms with E-state index in [0.717, 1.165) is 0 Å². The molecule has 0 nitrogen and oxygen atoms in total. The summed E-state index contributed by atoms with van der Waals surface area (Å²) in [5.74, 6) is 0. The predicted molar refractivity (Wildman–Crippen MR) is 179 cm³/mol. The second kappa shape index (κ2) is 15.7. The number of benzene rings is 4. The van der Waals surface area contributed by atoms with Crippen LogP contribution in [0.25, 0.3) is 52.9 Å². The summed E-state index contributed by atoms with van der Waals surface area (Å²) in [7, 11) is -12.0. The maximum atomic E-state index is 9.75. The number of hydrogen-bond donors (Lipinski definition) is 0. The molecule has 0 saturated heterocycles. The first-order valence-corrected chi connectivity index (χ1v) is 15.4. The zero-order valence-electron chi connectivity index (χ0n) is 23.9. The van der Waals surface area contributed by atoms with Crippen LogP contribution in [-0.2, 0) is 0 Å². The van der Waals surface area contributed by atoms with Gasteiger partial charge in [0.15, 0.2) is 0 Å². The normalized spacial score (nSPS) is 11.0. The molecule has 0 fully saturated rings. The molecule has 0 spiro atoms. The lowest BCUT2D eigenvalue weighted by Gasteiger charge is -2.04. The van der Waals surface area contributed by atoms with Crippen molar-refractivity contribution >= 4 is 37.2 Å². The van der Waals surface area contributed by atoms with Crippen molar-refractivity contribution in [1.29, 1.82) is 0 Å². The van der Waals surface area contributed by atoms with E-state index in [4.69, 9.17) is 0 Å². The highest BCUT2D eigenvalue weighted by Gasteiger charge is 2.24. The molecule has 2 aromatic heterocycles. The van der Waals surface area contributed by atoms with Gasteiger partial charge in [0.05, 0.1) is 0 Å². The molecule has 6 aromatic rings.